The number of hydrogen-bond donors (Lipinski definition) is 2. The van der Waals surface area contributed by atoms with E-state index in [0.29, 0.717) is 24.0 Å². The van der Waals surface area contributed by atoms with Gasteiger partial charge in [0.2, 0.25) is 0 Å². The summed E-state index contributed by atoms with van der Waals surface area (Å²) in [5.74, 6) is -2.09. The van der Waals surface area contributed by atoms with Crippen LogP contribution in [0.25, 0.3) is 0 Å². The maximum absolute atomic E-state index is 13.4. The maximum atomic E-state index is 13.4. The van der Waals surface area contributed by atoms with Crippen molar-refractivity contribution in [2.75, 3.05) is 6.61 Å². The zero-order chi connectivity index (χ0) is 35.3. The van der Waals surface area contributed by atoms with E-state index in [1.807, 2.05) is 13.0 Å². The van der Waals surface area contributed by atoms with Gasteiger partial charge < -0.3 is 19.7 Å². The highest BCUT2D eigenvalue weighted by atomic mass is 16.6. The summed E-state index contributed by atoms with van der Waals surface area (Å²) in [5, 5.41) is 24.5. The number of ether oxygens (including phenoxy) is 2. The normalized spacial score (nSPS) is 33.8. The lowest BCUT2D eigenvalue weighted by molar-refractivity contribution is -0.186. The van der Waals surface area contributed by atoms with E-state index in [4.69, 9.17) is 9.47 Å². The largest absolute Gasteiger partial charge is 0.461 e. The number of unbranched alkanes of at least 4 members (excludes halogenated alkanes) is 10. The minimum atomic E-state index is -1.81. The highest BCUT2D eigenvalue weighted by Crippen LogP contribution is 2.76. The minimum Gasteiger partial charge on any atom is -0.461 e. The lowest BCUT2D eigenvalue weighted by atomic mass is 9.60. The van der Waals surface area contributed by atoms with Crippen LogP contribution < -0.4 is 0 Å². The Morgan fingerprint density at radius 1 is 0.938 bits per heavy atom. The first-order chi connectivity index (χ1) is 22.6. The number of ketones is 1. The summed E-state index contributed by atoms with van der Waals surface area (Å²) in [7, 11) is 0. The van der Waals surface area contributed by atoms with Gasteiger partial charge in [-0.2, -0.15) is 0 Å². The molecular formula is C41H66O7. The fourth-order valence-electron chi connectivity index (χ4n) is 9.98. The van der Waals surface area contributed by atoms with Gasteiger partial charge in [-0.1, -0.05) is 130 Å². The van der Waals surface area contributed by atoms with Gasteiger partial charge in [-0.15, -0.1) is 0 Å². The monoisotopic (exact) mass is 670 g/mol. The Kier molecular flexibility index (Phi) is 12.9. The molecule has 7 nitrogen and oxygen atoms in total. The standard InChI is InChI=1S/C41H66O7/c1-8-9-10-11-12-14-17-20-28(2)21-18-15-13-16-19-22-35(43)47-27-32-24-33-36-38(6,7)40(36,48-31(5)42)25-30(4)41(33,46)34-23-29(3)37(44)39(34,45)26-32/h23-24,28,30,33-34,36,45-46H,8-22,25-27H2,1-7H3/t28?,30-,33+,34-,36+,39-,40+,41-/m1/s1. The van der Waals surface area contributed by atoms with E-state index >= 15 is 0 Å². The van der Waals surface area contributed by atoms with E-state index < -0.39 is 34.1 Å². The Hall–Kier alpha value is -1.99. The van der Waals surface area contributed by atoms with Gasteiger partial charge in [0.1, 0.15) is 17.8 Å². The van der Waals surface area contributed by atoms with Crippen molar-refractivity contribution in [2.45, 2.75) is 174 Å². The van der Waals surface area contributed by atoms with Crippen molar-refractivity contribution >= 4 is 17.7 Å². The van der Waals surface area contributed by atoms with Gasteiger partial charge in [0.05, 0.1) is 5.60 Å². The molecule has 4 aliphatic carbocycles. The number of Topliss-reactive ketones (excluding diaryl/α,β-unsaturated/α-hetero) is 1. The van der Waals surface area contributed by atoms with Crippen LogP contribution in [-0.2, 0) is 23.9 Å². The van der Waals surface area contributed by atoms with E-state index in [-0.39, 0.29) is 42.6 Å². The fourth-order valence-corrected chi connectivity index (χ4v) is 9.98. The van der Waals surface area contributed by atoms with Crippen molar-refractivity contribution in [3.8, 4) is 0 Å². The van der Waals surface area contributed by atoms with E-state index in [9.17, 15) is 24.6 Å². The first-order valence-electron chi connectivity index (χ1n) is 19.4. The van der Waals surface area contributed by atoms with Crippen molar-refractivity contribution in [3.05, 3.63) is 23.3 Å². The molecule has 7 heteroatoms. The number of rotatable bonds is 19. The Labute approximate surface area is 290 Å². The second kappa shape index (κ2) is 15.9. The maximum Gasteiger partial charge on any atom is 0.306 e. The summed E-state index contributed by atoms with van der Waals surface area (Å²) in [5.41, 5.74) is -3.31. The summed E-state index contributed by atoms with van der Waals surface area (Å²) >= 11 is 0. The third-order valence-corrected chi connectivity index (χ3v) is 12.8. The number of carbonyl (C=O) groups excluding carboxylic acids is 3. The topological polar surface area (TPSA) is 110 Å². The molecule has 0 heterocycles. The zero-order valence-corrected chi connectivity index (χ0v) is 31.2. The minimum absolute atomic E-state index is 0.00571. The highest BCUT2D eigenvalue weighted by Gasteiger charge is 2.83. The number of carbonyl (C=O) groups is 3. The summed E-state index contributed by atoms with van der Waals surface area (Å²) in [6, 6.07) is 0. The van der Waals surface area contributed by atoms with Gasteiger partial charge in [-0.25, -0.2) is 0 Å². The van der Waals surface area contributed by atoms with Crippen LogP contribution in [-0.4, -0.2) is 51.3 Å². The second-order valence-electron chi connectivity index (χ2n) is 16.8. The quantitative estimate of drug-likeness (QED) is 0.0805. The van der Waals surface area contributed by atoms with E-state index in [1.54, 1.807) is 13.0 Å². The molecule has 0 saturated heterocycles. The second-order valence-corrected chi connectivity index (χ2v) is 16.8. The average Bonchev–Trinajstić information content (AvgIpc) is 3.42. The first-order valence-corrected chi connectivity index (χ1v) is 19.4. The zero-order valence-electron chi connectivity index (χ0n) is 31.2. The van der Waals surface area contributed by atoms with Gasteiger partial charge >= 0.3 is 11.9 Å². The van der Waals surface area contributed by atoms with Crippen LogP contribution in [0.4, 0.5) is 0 Å². The summed E-state index contributed by atoms with van der Waals surface area (Å²) < 4.78 is 11.7. The van der Waals surface area contributed by atoms with Crippen LogP contribution in [0.15, 0.2) is 23.3 Å². The molecule has 8 atom stereocenters. The van der Waals surface area contributed by atoms with Crippen molar-refractivity contribution in [2.24, 2.45) is 35.0 Å². The lowest BCUT2D eigenvalue weighted by Gasteiger charge is -2.50. The number of fused-ring (bicyclic) bond motifs is 5. The smallest absolute Gasteiger partial charge is 0.306 e. The van der Waals surface area contributed by atoms with Crippen LogP contribution in [0, 0.1) is 35.0 Å². The predicted molar refractivity (Wildman–Crippen MR) is 189 cm³/mol. The molecule has 0 aromatic rings. The average molecular weight is 671 g/mol. The highest BCUT2D eigenvalue weighted by molar-refractivity contribution is 6.04. The Morgan fingerprint density at radius 3 is 2.12 bits per heavy atom. The van der Waals surface area contributed by atoms with Gasteiger partial charge in [0.25, 0.3) is 0 Å². The SMILES string of the molecule is CCCCCCCCCC(C)CCCCCCCC(=O)OCC1=C[C@H]2[C@H]3C(C)(C)[C@]3(OC(C)=O)C[C@@H](C)[C@]2(O)[C@@H]2C=C(C)C(=O)[C@@]2(O)C1. The summed E-state index contributed by atoms with van der Waals surface area (Å²) in [4.78, 5) is 38.4. The van der Waals surface area contributed by atoms with Crippen molar-refractivity contribution in [3.63, 3.8) is 0 Å². The summed E-state index contributed by atoms with van der Waals surface area (Å²) in [6.45, 7) is 13.8. The molecule has 0 spiro atoms. The van der Waals surface area contributed by atoms with Crippen LogP contribution in [0.3, 0.4) is 0 Å². The molecular weight excluding hydrogens is 604 g/mol. The third kappa shape index (κ3) is 7.82. The lowest BCUT2D eigenvalue weighted by Crippen LogP contribution is -2.61. The van der Waals surface area contributed by atoms with Crippen molar-refractivity contribution in [1.82, 2.24) is 0 Å². The third-order valence-electron chi connectivity index (χ3n) is 12.8. The molecule has 0 aromatic carbocycles. The molecule has 2 fully saturated rings. The van der Waals surface area contributed by atoms with Gasteiger partial charge in [0, 0.05) is 42.9 Å². The number of hydrogen-bond acceptors (Lipinski definition) is 7. The van der Waals surface area contributed by atoms with E-state index in [2.05, 4.69) is 27.7 Å². The van der Waals surface area contributed by atoms with E-state index in [1.165, 1.54) is 77.6 Å². The van der Waals surface area contributed by atoms with Crippen molar-refractivity contribution in [1.29, 1.82) is 0 Å². The molecule has 48 heavy (non-hydrogen) atoms. The molecule has 1 unspecified atom stereocenters. The molecule has 0 aromatic heterocycles. The number of esters is 2. The molecule has 272 valence electrons. The molecule has 0 aliphatic heterocycles. The Bertz CT molecular complexity index is 1220. The summed E-state index contributed by atoms with van der Waals surface area (Å²) in [6.07, 6.45) is 22.0. The molecule has 2 saturated carbocycles. The Morgan fingerprint density at radius 2 is 1.52 bits per heavy atom. The predicted octanol–water partition coefficient (Wildman–Crippen LogP) is 8.59. The molecule has 4 aliphatic rings. The van der Waals surface area contributed by atoms with Crippen molar-refractivity contribution < 1.29 is 34.1 Å². The molecule has 0 bridgehead atoms. The van der Waals surface area contributed by atoms with Crippen LogP contribution in [0.1, 0.15) is 158 Å². The van der Waals surface area contributed by atoms with Gasteiger partial charge in [-0.3, -0.25) is 14.4 Å². The molecule has 0 radical (unpaired) electrons. The van der Waals surface area contributed by atoms with Crippen LogP contribution in [0.2, 0.25) is 0 Å². The molecule has 2 N–H and O–H groups in total. The Balaban J connectivity index is 1.27. The number of aliphatic hydroxyl groups is 2. The molecule has 4 rings (SSSR count). The van der Waals surface area contributed by atoms with Crippen LogP contribution >= 0.6 is 0 Å². The van der Waals surface area contributed by atoms with Gasteiger partial charge in [-0.05, 0) is 42.7 Å². The first kappa shape index (κ1) is 38.8. The molecule has 0 amide bonds. The van der Waals surface area contributed by atoms with Gasteiger partial charge in [0.15, 0.2) is 5.78 Å². The van der Waals surface area contributed by atoms with E-state index in [0.717, 1.165) is 25.2 Å². The fraction of sp³-hybridized carbons (Fsp3) is 0.829. The van der Waals surface area contributed by atoms with Crippen LogP contribution in [0.5, 0.6) is 0 Å².